The first-order chi connectivity index (χ1) is 14.7. The first kappa shape index (κ1) is 22.5. The lowest BCUT2D eigenvalue weighted by Crippen LogP contribution is -2.25. The summed E-state index contributed by atoms with van der Waals surface area (Å²) in [5.41, 5.74) is 5.00. The second-order valence-corrected chi connectivity index (χ2v) is 7.67. The number of hydrazone groups is 1. The number of nitrogens with zero attached hydrogens (tertiary/aromatic N) is 3. The molecule has 0 bridgehead atoms. The third kappa shape index (κ3) is 5.13. The van der Waals surface area contributed by atoms with E-state index in [-0.39, 0.29) is 22.1 Å². The van der Waals surface area contributed by atoms with E-state index >= 15 is 0 Å². The molecule has 160 valence electrons. The number of hydrogen-bond acceptors (Lipinski definition) is 5. The van der Waals surface area contributed by atoms with E-state index in [0.29, 0.717) is 32.7 Å². The third-order valence-corrected chi connectivity index (χ3v) is 5.18. The fraction of sp³-hybridized carbons (Fsp3) is 0.100. The molecule has 0 aliphatic carbocycles. The molecular formula is C20H17Cl2N5O3S. The number of halogens is 2. The first-order valence-electron chi connectivity index (χ1n) is 8.83. The van der Waals surface area contributed by atoms with Gasteiger partial charge in [0.05, 0.1) is 21.3 Å². The zero-order valence-corrected chi connectivity index (χ0v) is 18.7. The Balaban J connectivity index is 1.77. The number of aromatic carboxylic acids is 1. The molecule has 0 radical (unpaired) electrons. The van der Waals surface area contributed by atoms with Gasteiger partial charge >= 0.3 is 5.97 Å². The number of carboxylic acids is 1. The van der Waals surface area contributed by atoms with Crippen LogP contribution < -0.4 is 10.7 Å². The van der Waals surface area contributed by atoms with E-state index in [2.05, 4.69) is 20.9 Å². The van der Waals surface area contributed by atoms with E-state index in [1.165, 1.54) is 16.8 Å². The Bertz CT molecular complexity index is 1210. The van der Waals surface area contributed by atoms with Crippen LogP contribution in [0.1, 0.15) is 23.0 Å². The number of thiocarbonyl (C=S) groups is 1. The fourth-order valence-corrected chi connectivity index (χ4v) is 3.26. The molecule has 3 rings (SSSR count). The maximum Gasteiger partial charge on any atom is 0.335 e. The van der Waals surface area contributed by atoms with Gasteiger partial charge in [0.2, 0.25) is 0 Å². The monoisotopic (exact) mass is 477 g/mol. The summed E-state index contributed by atoms with van der Waals surface area (Å²) in [4.78, 5) is 11.1. The lowest BCUT2D eigenvalue weighted by molar-refractivity contribution is 0.0697. The molecule has 4 N–H and O–H groups in total. The largest absolute Gasteiger partial charge is 0.504 e. The Morgan fingerprint density at radius 2 is 1.94 bits per heavy atom. The Kier molecular flexibility index (Phi) is 6.79. The second kappa shape index (κ2) is 9.34. The van der Waals surface area contributed by atoms with Crippen molar-refractivity contribution in [3.63, 3.8) is 0 Å². The number of carbonyl (C=O) groups is 1. The van der Waals surface area contributed by atoms with E-state index in [1.807, 2.05) is 0 Å². The number of benzene rings is 2. The van der Waals surface area contributed by atoms with Crippen LogP contribution in [0.2, 0.25) is 10.0 Å². The van der Waals surface area contributed by atoms with Crippen molar-refractivity contribution >= 4 is 57.9 Å². The van der Waals surface area contributed by atoms with Crippen LogP contribution in [0.25, 0.3) is 11.3 Å². The van der Waals surface area contributed by atoms with Crippen LogP contribution >= 0.6 is 35.4 Å². The summed E-state index contributed by atoms with van der Waals surface area (Å²) >= 11 is 17.2. The fourth-order valence-electron chi connectivity index (χ4n) is 2.80. The number of aryl methyl sites for hydroxylation is 1. The van der Waals surface area contributed by atoms with Crippen LogP contribution in [-0.4, -0.2) is 36.8 Å². The number of anilines is 1. The molecule has 0 spiro atoms. The van der Waals surface area contributed by atoms with E-state index in [4.69, 9.17) is 40.5 Å². The molecule has 0 fully saturated rings. The van der Waals surface area contributed by atoms with E-state index < -0.39 is 5.97 Å². The van der Waals surface area contributed by atoms with Gasteiger partial charge in [0.1, 0.15) is 5.69 Å². The van der Waals surface area contributed by atoms with Gasteiger partial charge in [-0.25, -0.2) is 4.79 Å². The molecule has 0 aliphatic rings. The Morgan fingerprint density at radius 1 is 1.19 bits per heavy atom. The smallest absolute Gasteiger partial charge is 0.335 e. The summed E-state index contributed by atoms with van der Waals surface area (Å²) in [5.74, 6) is -1.11. The van der Waals surface area contributed by atoms with Crippen LogP contribution in [0.4, 0.5) is 5.69 Å². The molecule has 31 heavy (non-hydrogen) atoms. The molecule has 3 aromatic rings. The van der Waals surface area contributed by atoms with Crippen LogP contribution in [0, 0.1) is 0 Å². The zero-order chi connectivity index (χ0) is 22.7. The maximum absolute atomic E-state index is 11.1. The molecule has 11 heteroatoms. The van der Waals surface area contributed by atoms with Gasteiger partial charge in [-0.1, -0.05) is 35.3 Å². The lowest BCUT2D eigenvalue weighted by atomic mass is 10.1. The van der Waals surface area contributed by atoms with E-state index in [0.717, 1.165) is 0 Å². The van der Waals surface area contributed by atoms with Crippen molar-refractivity contribution in [2.24, 2.45) is 12.1 Å². The summed E-state index contributed by atoms with van der Waals surface area (Å²) in [7, 11) is 1.68. The number of aromatic hydroxyl groups is 1. The first-order valence-corrected chi connectivity index (χ1v) is 10.00. The molecule has 8 nitrogen and oxygen atoms in total. The number of carboxylic acid groups (broad SMARTS) is 1. The highest BCUT2D eigenvalue weighted by Crippen LogP contribution is 2.35. The molecule has 0 saturated carbocycles. The van der Waals surface area contributed by atoms with Crippen molar-refractivity contribution < 1.29 is 15.0 Å². The summed E-state index contributed by atoms with van der Waals surface area (Å²) in [6, 6.07) is 11.2. The van der Waals surface area contributed by atoms with Crippen molar-refractivity contribution in [1.29, 1.82) is 0 Å². The average molecular weight is 478 g/mol. The zero-order valence-electron chi connectivity index (χ0n) is 16.3. The van der Waals surface area contributed by atoms with Crippen LogP contribution in [-0.2, 0) is 7.05 Å². The second-order valence-electron chi connectivity index (χ2n) is 6.45. The van der Waals surface area contributed by atoms with Crippen molar-refractivity contribution in [2.75, 3.05) is 5.32 Å². The quantitative estimate of drug-likeness (QED) is 0.243. The van der Waals surface area contributed by atoms with Crippen molar-refractivity contribution in [2.45, 2.75) is 6.92 Å². The number of hydrogen-bond donors (Lipinski definition) is 4. The van der Waals surface area contributed by atoms with Gasteiger partial charge in [0.25, 0.3) is 0 Å². The number of nitrogens with one attached hydrogen (secondary N) is 2. The Labute approximate surface area is 193 Å². The molecule has 0 unspecified atom stereocenters. The summed E-state index contributed by atoms with van der Waals surface area (Å²) in [5, 5.41) is 32.0. The molecular weight excluding hydrogens is 461 g/mol. The van der Waals surface area contributed by atoms with Crippen LogP contribution in [0.5, 0.6) is 5.75 Å². The molecule has 0 amide bonds. The van der Waals surface area contributed by atoms with Gasteiger partial charge in [0.15, 0.2) is 16.6 Å². The summed E-state index contributed by atoms with van der Waals surface area (Å²) < 4.78 is 1.51. The van der Waals surface area contributed by atoms with Gasteiger partial charge in [-0.05, 0) is 49.5 Å². The van der Waals surface area contributed by atoms with E-state index in [9.17, 15) is 9.90 Å². The van der Waals surface area contributed by atoms with Crippen LogP contribution in [0.15, 0.2) is 47.6 Å². The minimum Gasteiger partial charge on any atom is -0.504 e. The minimum atomic E-state index is -1.04. The van der Waals surface area contributed by atoms with Gasteiger partial charge in [-0.15, -0.1) is 0 Å². The normalized spacial score (nSPS) is 11.3. The number of aromatic nitrogens is 2. The molecule has 0 atom stereocenters. The summed E-state index contributed by atoms with van der Waals surface area (Å²) in [6.45, 7) is 1.65. The van der Waals surface area contributed by atoms with E-state index in [1.54, 1.807) is 44.3 Å². The highest BCUT2D eigenvalue weighted by molar-refractivity contribution is 7.80. The Hall–Kier alpha value is -3.14. The SMILES string of the molecule is C/C(=N\NC(=S)Nc1cccc(C(=O)O)c1)c1nn(C)c(-c2ccc(Cl)c(Cl)c2)c1O. The van der Waals surface area contributed by atoms with Crippen molar-refractivity contribution in [1.82, 2.24) is 15.2 Å². The maximum atomic E-state index is 11.1. The topological polar surface area (TPSA) is 112 Å². The summed E-state index contributed by atoms with van der Waals surface area (Å²) in [6.07, 6.45) is 0. The van der Waals surface area contributed by atoms with Crippen molar-refractivity contribution in [3.8, 4) is 17.0 Å². The highest BCUT2D eigenvalue weighted by Gasteiger charge is 2.20. The van der Waals surface area contributed by atoms with Gasteiger partial charge in [-0.3, -0.25) is 10.1 Å². The van der Waals surface area contributed by atoms with Crippen LogP contribution in [0.3, 0.4) is 0 Å². The average Bonchev–Trinajstić information content (AvgIpc) is 3.02. The highest BCUT2D eigenvalue weighted by atomic mass is 35.5. The molecule has 2 aromatic carbocycles. The predicted molar refractivity (Wildman–Crippen MR) is 125 cm³/mol. The lowest BCUT2D eigenvalue weighted by Gasteiger charge is -2.08. The van der Waals surface area contributed by atoms with Crippen molar-refractivity contribution in [3.05, 3.63) is 63.8 Å². The molecule has 1 heterocycles. The van der Waals surface area contributed by atoms with Gasteiger partial charge in [-0.2, -0.15) is 10.2 Å². The van der Waals surface area contributed by atoms with Gasteiger partial charge in [0, 0.05) is 18.3 Å². The third-order valence-electron chi connectivity index (χ3n) is 4.25. The molecule has 0 aliphatic heterocycles. The van der Waals surface area contributed by atoms with Gasteiger partial charge < -0.3 is 15.5 Å². The predicted octanol–water partition coefficient (Wildman–Crippen LogP) is 4.51. The number of rotatable bonds is 5. The standard InChI is InChI=1S/C20H17Cl2N5O3S/c1-10(24-25-20(31)23-13-5-3-4-12(8-13)19(29)30)16-18(28)17(27(2)26-16)11-6-7-14(21)15(22)9-11/h3-9,28H,1-2H3,(H,29,30)(H2,23,25,31)/b24-10+. The molecule has 1 aromatic heterocycles. The minimum absolute atomic E-state index is 0.0722. The Morgan fingerprint density at radius 3 is 2.61 bits per heavy atom. The molecule has 0 saturated heterocycles.